The second-order valence-corrected chi connectivity index (χ2v) is 12.0. The molecule has 3 nitrogen and oxygen atoms in total. The maximum atomic E-state index is 10.1. The molecule has 0 aromatic carbocycles. The highest BCUT2D eigenvalue weighted by molar-refractivity contribution is 4.60. The van der Waals surface area contributed by atoms with Gasteiger partial charge in [-0.15, -0.1) is 0 Å². The molecule has 2 unspecified atom stereocenters. The normalized spacial score (nSPS) is 13.3. The lowest BCUT2D eigenvalue weighted by molar-refractivity contribution is 0.0310. The summed E-state index contributed by atoms with van der Waals surface area (Å²) in [5, 5.41) is 23.2. The van der Waals surface area contributed by atoms with Crippen LogP contribution in [0.5, 0.6) is 0 Å². The molecule has 0 amide bonds. The minimum atomic E-state index is -0.556. The van der Waals surface area contributed by atoms with Crippen LogP contribution in [0.1, 0.15) is 206 Å². The van der Waals surface area contributed by atoms with Gasteiger partial charge >= 0.3 is 0 Å². The summed E-state index contributed by atoms with van der Waals surface area (Å²) in [4.78, 5) is 0. The Morgan fingerprint density at radius 3 is 0.730 bits per heavy atom. The molecule has 3 N–H and O–H groups in total. The van der Waals surface area contributed by atoms with Crippen LogP contribution in [0.4, 0.5) is 0 Å². The average molecular weight is 526 g/mol. The summed E-state index contributed by atoms with van der Waals surface area (Å²) in [6.45, 7) is 4.56. The standard InChI is InChI=1S/C34H71NO2/c1-3-5-7-9-11-13-14-15-16-17-18-19-20-21-22-24-26-28-30-32-34(37)35-33(36)31-29-27-25-23-12-10-8-6-4-2/h33-37H,3-32H2,1-2H3. The third-order valence-corrected chi connectivity index (χ3v) is 8.05. The van der Waals surface area contributed by atoms with Gasteiger partial charge in [0.15, 0.2) is 0 Å². The van der Waals surface area contributed by atoms with Gasteiger partial charge in [-0.25, -0.2) is 0 Å². The first-order chi connectivity index (χ1) is 18.2. The van der Waals surface area contributed by atoms with Crippen LogP contribution < -0.4 is 5.32 Å². The third kappa shape index (κ3) is 32.0. The molecular weight excluding hydrogens is 454 g/mol. The van der Waals surface area contributed by atoms with Crippen molar-refractivity contribution in [1.82, 2.24) is 5.32 Å². The quantitative estimate of drug-likeness (QED) is 0.0604. The second kappa shape index (κ2) is 32.1. The van der Waals surface area contributed by atoms with E-state index in [4.69, 9.17) is 0 Å². The molecule has 0 heterocycles. The lowest BCUT2D eigenvalue weighted by Crippen LogP contribution is -2.38. The fraction of sp³-hybridized carbons (Fsp3) is 1.00. The summed E-state index contributed by atoms with van der Waals surface area (Å²) in [6, 6.07) is 0. The van der Waals surface area contributed by atoms with Gasteiger partial charge in [-0.05, 0) is 25.7 Å². The van der Waals surface area contributed by atoms with Crippen LogP contribution in [0, 0.1) is 0 Å². The Labute approximate surface area is 234 Å². The zero-order valence-electron chi connectivity index (χ0n) is 25.8. The molecule has 0 aliphatic carbocycles. The second-order valence-electron chi connectivity index (χ2n) is 12.0. The number of hydrogen-bond donors (Lipinski definition) is 3. The molecule has 0 aromatic heterocycles. The molecule has 0 rings (SSSR count). The molecule has 0 spiro atoms. The molecule has 0 aromatic rings. The van der Waals surface area contributed by atoms with Gasteiger partial charge in [0.2, 0.25) is 0 Å². The van der Waals surface area contributed by atoms with Crippen molar-refractivity contribution in [3.05, 3.63) is 0 Å². The summed E-state index contributed by atoms with van der Waals surface area (Å²) in [5.41, 5.74) is 0. The average Bonchev–Trinajstić information content (AvgIpc) is 2.89. The van der Waals surface area contributed by atoms with Gasteiger partial charge in [0, 0.05) is 0 Å². The van der Waals surface area contributed by atoms with E-state index in [1.807, 2.05) is 0 Å². The topological polar surface area (TPSA) is 52.5 Å². The van der Waals surface area contributed by atoms with Crippen LogP contribution in [0.3, 0.4) is 0 Å². The molecular formula is C34H71NO2. The Morgan fingerprint density at radius 2 is 0.514 bits per heavy atom. The van der Waals surface area contributed by atoms with Crippen LogP contribution in [0.15, 0.2) is 0 Å². The van der Waals surface area contributed by atoms with Gasteiger partial charge in [-0.3, -0.25) is 5.32 Å². The fourth-order valence-electron chi connectivity index (χ4n) is 5.45. The first-order valence-corrected chi connectivity index (χ1v) is 17.3. The van der Waals surface area contributed by atoms with Crippen molar-refractivity contribution in [2.75, 3.05) is 0 Å². The van der Waals surface area contributed by atoms with Gasteiger partial charge in [0.25, 0.3) is 0 Å². The highest BCUT2D eigenvalue weighted by atomic mass is 16.3. The molecule has 0 radical (unpaired) electrons. The van der Waals surface area contributed by atoms with E-state index in [0.717, 1.165) is 25.7 Å². The van der Waals surface area contributed by atoms with E-state index in [2.05, 4.69) is 19.2 Å². The number of aliphatic hydroxyl groups excluding tert-OH is 2. The highest BCUT2D eigenvalue weighted by Gasteiger charge is 2.09. The molecule has 0 bridgehead atoms. The minimum Gasteiger partial charge on any atom is -0.379 e. The number of unbranched alkanes of at least 4 members (excludes halogenated alkanes) is 26. The van der Waals surface area contributed by atoms with Crippen molar-refractivity contribution in [1.29, 1.82) is 0 Å². The molecule has 3 heteroatoms. The zero-order valence-corrected chi connectivity index (χ0v) is 25.8. The van der Waals surface area contributed by atoms with E-state index in [9.17, 15) is 10.2 Å². The van der Waals surface area contributed by atoms with Crippen molar-refractivity contribution < 1.29 is 10.2 Å². The maximum Gasteiger partial charge on any atom is 0.106 e. The van der Waals surface area contributed by atoms with Crippen molar-refractivity contribution in [3.63, 3.8) is 0 Å². The van der Waals surface area contributed by atoms with Crippen molar-refractivity contribution >= 4 is 0 Å². The maximum absolute atomic E-state index is 10.1. The Hall–Kier alpha value is -0.120. The van der Waals surface area contributed by atoms with E-state index >= 15 is 0 Å². The van der Waals surface area contributed by atoms with Crippen LogP contribution in [0.2, 0.25) is 0 Å². The smallest absolute Gasteiger partial charge is 0.106 e. The summed E-state index contributed by atoms with van der Waals surface area (Å²) in [6.07, 6.45) is 38.4. The Morgan fingerprint density at radius 1 is 0.324 bits per heavy atom. The number of rotatable bonds is 32. The summed E-state index contributed by atoms with van der Waals surface area (Å²) >= 11 is 0. The van der Waals surface area contributed by atoms with Gasteiger partial charge in [0.05, 0.1) is 0 Å². The largest absolute Gasteiger partial charge is 0.379 e. The van der Waals surface area contributed by atoms with Crippen molar-refractivity contribution in [3.8, 4) is 0 Å². The highest BCUT2D eigenvalue weighted by Crippen LogP contribution is 2.15. The minimum absolute atomic E-state index is 0.556. The predicted octanol–water partition coefficient (Wildman–Crippen LogP) is 11.0. The van der Waals surface area contributed by atoms with E-state index in [-0.39, 0.29) is 0 Å². The monoisotopic (exact) mass is 526 g/mol. The van der Waals surface area contributed by atoms with Gasteiger partial charge in [-0.2, -0.15) is 0 Å². The van der Waals surface area contributed by atoms with Crippen LogP contribution in [0.25, 0.3) is 0 Å². The first kappa shape index (κ1) is 36.9. The molecule has 0 saturated carbocycles. The van der Waals surface area contributed by atoms with E-state index in [1.165, 1.54) is 167 Å². The molecule has 0 saturated heterocycles. The molecule has 0 aliphatic rings. The van der Waals surface area contributed by atoms with E-state index in [0.29, 0.717) is 0 Å². The lowest BCUT2D eigenvalue weighted by atomic mass is 10.0. The van der Waals surface area contributed by atoms with Crippen molar-refractivity contribution in [2.45, 2.75) is 219 Å². The van der Waals surface area contributed by atoms with Gasteiger partial charge in [-0.1, -0.05) is 181 Å². The number of hydrogen-bond acceptors (Lipinski definition) is 3. The molecule has 2 atom stereocenters. The van der Waals surface area contributed by atoms with E-state index < -0.39 is 12.5 Å². The van der Waals surface area contributed by atoms with Crippen LogP contribution in [-0.2, 0) is 0 Å². The third-order valence-electron chi connectivity index (χ3n) is 8.05. The van der Waals surface area contributed by atoms with Gasteiger partial charge < -0.3 is 10.2 Å². The lowest BCUT2D eigenvalue weighted by Gasteiger charge is -2.18. The fourth-order valence-corrected chi connectivity index (χ4v) is 5.45. The molecule has 37 heavy (non-hydrogen) atoms. The molecule has 0 aliphatic heterocycles. The summed E-state index contributed by atoms with van der Waals surface area (Å²) in [7, 11) is 0. The first-order valence-electron chi connectivity index (χ1n) is 17.3. The van der Waals surface area contributed by atoms with Gasteiger partial charge in [0.1, 0.15) is 12.5 Å². The predicted molar refractivity (Wildman–Crippen MR) is 165 cm³/mol. The zero-order chi connectivity index (χ0) is 27.1. The van der Waals surface area contributed by atoms with E-state index in [1.54, 1.807) is 0 Å². The Bertz CT molecular complexity index is 403. The number of nitrogens with one attached hydrogen (secondary N) is 1. The van der Waals surface area contributed by atoms with Crippen LogP contribution >= 0.6 is 0 Å². The Balaban J connectivity index is 3.23. The SMILES string of the molecule is CCCCCCCCCCCCCCCCCCCCCC(O)NC(O)CCCCCCCCCCC. The molecule has 0 fully saturated rings. The van der Waals surface area contributed by atoms with Crippen molar-refractivity contribution in [2.24, 2.45) is 0 Å². The van der Waals surface area contributed by atoms with Crippen LogP contribution in [-0.4, -0.2) is 22.7 Å². The molecule has 224 valence electrons. The summed E-state index contributed by atoms with van der Waals surface area (Å²) in [5.74, 6) is 0. The summed E-state index contributed by atoms with van der Waals surface area (Å²) < 4.78 is 0. The number of aliphatic hydroxyl groups is 2. The Kier molecular flexibility index (Phi) is 32.0.